The summed E-state index contributed by atoms with van der Waals surface area (Å²) in [4.78, 5) is 16.6. The first-order valence-electron chi connectivity index (χ1n) is 7.28. The third-order valence-corrected chi connectivity index (χ3v) is 3.94. The van der Waals surface area contributed by atoms with Crippen LogP contribution in [-0.2, 0) is 19.5 Å². The van der Waals surface area contributed by atoms with Gasteiger partial charge in [0.2, 0.25) is 0 Å². The van der Waals surface area contributed by atoms with E-state index in [1.165, 1.54) is 0 Å². The highest BCUT2D eigenvalue weighted by molar-refractivity contribution is 5.94. The van der Waals surface area contributed by atoms with Crippen LogP contribution < -0.4 is 10.6 Å². The Morgan fingerprint density at radius 1 is 1.39 bits per heavy atom. The zero-order valence-corrected chi connectivity index (χ0v) is 13.2. The van der Waals surface area contributed by atoms with E-state index >= 15 is 0 Å². The zero-order chi connectivity index (χ0) is 14.9. The summed E-state index contributed by atoms with van der Waals surface area (Å²) in [5.41, 5.74) is 4.40. The lowest BCUT2D eigenvalue weighted by Crippen LogP contribution is -2.28. The molecule has 8 heteroatoms. The van der Waals surface area contributed by atoms with Gasteiger partial charge in [-0.15, -0.1) is 12.4 Å². The van der Waals surface area contributed by atoms with Crippen LogP contribution in [0.5, 0.6) is 0 Å². The van der Waals surface area contributed by atoms with Gasteiger partial charge in [-0.2, -0.15) is 5.10 Å². The second-order valence-electron chi connectivity index (χ2n) is 5.37. The summed E-state index contributed by atoms with van der Waals surface area (Å²) in [7, 11) is 0. The van der Waals surface area contributed by atoms with Gasteiger partial charge in [-0.25, -0.2) is 4.98 Å². The van der Waals surface area contributed by atoms with Crippen molar-refractivity contribution in [3.05, 3.63) is 53.2 Å². The van der Waals surface area contributed by atoms with Crippen molar-refractivity contribution >= 4 is 24.0 Å². The number of aromatic nitrogens is 4. The Hall–Kier alpha value is -2.38. The summed E-state index contributed by atoms with van der Waals surface area (Å²) in [5.74, 6) is -0.149. The fourth-order valence-electron chi connectivity index (χ4n) is 2.74. The van der Waals surface area contributed by atoms with Gasteiger partial charge in [-0.3, -0.25) is 9.89 Å². The maximum absolute atomic E-state index is 12.3. The first-order valence-corrected chi connectivity index (χ1v) is 7.28. The molecule has 0 saturated carbocycles. The highest BCUT2D eigenvalue weighted by Gasteiger charge is 2.21. The van der Waals surface area contributed by atoms with Gasteiger partial charge in [0.1, 0.15) is 5.65 Å². The molecule has 0 spiro atoms. The molecule has 0 saturated heterocycles. The van der Waals surface area contributed by atoms with Gasteiger partial charge < -0.3 is 15.0 Å². The molecule has 0 aliphatic carbocycles. The fraction of sp³-hybridized carbons (Fsp3) is 0.267. The minimum absolute atomic E-state index is 0. The van der Waals surface area contributed by atoms with Crippen molar-refractivity contribution in [1.29, 1.82) is 0 Å². The number of aromatic amines is 1. The van der Waals surface area contributed by atoms with Crippen molar-refractivity contribution in [2.45, 2.75) is 19.5 Å². The van der Waals surface area contributed by atoms with Gasteiger partial charge in [0.15, 0.2) is 5.69 Å². The van der Waals surface area contributed by atoms with Gasteiger partial charge in [-0.1, -0.05) is 0 Å². The number of carbonyl (C=O) groups is 1. The number of imidazole rings is 1. The maximum Gasteiger partial charge on any atom is 0.272 e. The van der Waals surface area contributed by atoms with Gasteiger partial charge >= 0.3 is 0 Å². The number of nitrogens with one attached hydrogen (secondary N) is 3. The fourth-order valence-corrected chi connectivity index (χ4v) is 2.74. The summed E-state index contributed by atoms with van der Waals surface area (Å²) in [6, 6.07) is 3.93. The Morgan fingerprint density at radius 3 is 3.22 bits per heavy atom. The summed E-state index contributed by atoms with van der Waals surface area (Å²) in [5, 5.41) is 13.3. The smallest absolute Gasteiger partial charge is 0.272 e. The van der Waals surface area contributed by atoms with Crippen molar-refractivity contribution < 1.29 is 4.79 Å². The van der Waals surface area contributed by atoms with Crippen LogP contribution in [0.3, 0.4) is 0 Å². The van der Waals surface area contributed by atoms with Crippen LogP contribution >= 0.6 is 12.4 Å². The Kier molecular flexibility index (Phi) is 4.31. The summed E-state index contributed by atoms with van der Waals surface area (Å²) < 4.78 is 1.93. The Morgan fingerprint density at radius 2 is 2.30 bits per heavy atom. The van der Waals surface area contributed by atoms with E-state index in [2.05, 4.69) is 25.8 Å². The molecule has 0 unspecified atom stereocenters. The molecular weight excluding hydrogens is 316 g/mol. The third-order valence-electron chi connectivity index (χ3n) is 3.94. The normalized spacial score (nSPS) is 13.4. The second kappa shape index (κ2) is 6.39. The number of rotatable bonds is 3. The molecule has 0 atom stereocenters. The van der Waals surface area contributed by atoms with E-state index in [1.807, 2.05) is 28.9 Å². The van der Waals surface area contributed by atoms with Gasteiger partial charge in [0, 0.05) is 55.9 Å². The van der Waals surface area contributed by atoms with Crippen LogP contribution in [0.1, 0.15) is 27.3 Å². The Balaban J connectivity index is 0.00000156. The van der Waals surface area contributed by atoms with Crippen molar-refractivity contribution in [3.63, 3.8) is 0 Å². The average molecular weight is 333 g/mol. The number of halogens is 1. The van der Waals surface area contributed by atoms with Gasteiger partial charge in [-0.05, 0) is 17.7 Å². The molecule has 0 fully saturated rings. The van der Waals surface area contributed by atoms with Crippen LogP contribution in [0.2, 0.25) is 0 Å². The molecule has 3 aromatic heterocycles. The largest absolute Gasteiger partial charge is 0.347 e. The highest BCUT2D eigenvalue weighted by Crippen LogP contribution is 2.15. The first-order chi connectivity index (χ1) is 10.8. The lowest BCUT2D eigenvalue weighted by Gasteiger charge is -2.12. The van der Waals surface area contributed by atoms with Crippen LogP contribution in [0.25, 0.3) is 5.65 Å². The number of hydrogen-bond donors (Lipinski definition) is 3. The van der Waals surface area contributed by atoms with Crippen LogP contribution in [0.4, 0.5) is 0 Å². The number of H-pyrrole nitrogens is 1. The molecule has 4 heterocycles. The molecule has 1 aliphatic heterocycles. The molecule has 4 rings (SSSR count). The number of fused-ring (bicyclic) bond motifs is 2. The molecule has 0 radical (unpaired) electrons. The second-order valence-corrected chi connectivity index (χ2v) is 5.37. The number of pyridine rings is 1. The molecule has 0 bridgehead atoms. The molecule has 1 amide bonds. The van der Waals surface area contributed by atoms with E-state index in [1.54, 1.807) is 6.20 Å². The monoisotopic (exact) mass is 332 g/mol. The molecule has 3 N–H and O–H groups in total. The standard InChI is InChI=1S/C15H16N6O.ClH/c22-15(14-11-9-16-3-1-12(11)19-20-14)18-8-10-2-5-21-6-4-17-13(21)7-10;/h2,4-7,16H,1,3,8-9H2,(H,18,22)(H,19,20);1H. The van der Waals surface area contributed by atoms with E-state index in [0.29, 0.717) is 18.8 Å². The predicted molar refractivity (Wildman–Crippen MR) is 87.6 cm³/mol. The number of nitrogens with zero attached hydrogens (tertiary/aromatic N) is 3. The molecule has 3 aromatic rings. The van der Waals surface area contributed by atoms with Crippen molar-refractivity contribution in [1.82, 2.24) is 30.2 Å². The third kappa shape index (κ3) is 2.93. The Labute approximate surface area is 138 Å². The maximum atomic E-state index is 12.3. The summed E-state index contributed by atoms with van der Waals surface area (Å²) in [6.45, 7) is 2.06. The summed E-state index contributed by atoms with van der Waals surface area (Å²) in [6.07, 6.45) is 6.46. The van der Waals surface area contributed by atoms with E-state index < -0.39 is 0 Å². The van der Waals surface area contributed by atoms with Crippen molar-refractivity contribution in [2.24, 2.45) is 0 Å². The SMILES string of the molecule is Cl.O=C(NCc1ccn2ccnc2c1)c1n[nH]c2c1CNCC2. The minimum atomic E-state index is -0.149. The molecule has 23 heavy (non-hydrogen) atoms. The van der Waals surface area contributed by atoms with E-state index in [0.717, 1.165) is 35.4 Å². The topological polar surface area (TPSA) is 87.1 Å². The number of amides is 1. The molecule has 120 valence electrons. The van der Waals surface area contributed by atoms with E-state index in [-0.39, 0.29) is 18.3 Å². The van der Waals surface area contributed by atoms with Gasteiger partial charge in [0.25, 0.3) is 5.91 Å². The lowest BCUT2D eigenvalue weighted by atomic mass is 10.1. The number of carbonyl (C=O) groups excluding carboxylic acids is 1. The molecule has 0 aromatic carbocycles. The van der Waals surface area contributed by atoms with Crippen molar-refractivity contribution in [2.75, 3.05) is 6.54 Å². The highest BCUT2D eigenvalue weighted by atomic mass is 35.5. The number of hydrogen-bond acceptors (Lipinski definition) is 4. The predicted octanol–water partition coefficient (Wildman–Crippen LogP) is 1.05. The van der Waals surface area contributed by atoms with E-state index in [4.69, 9.17) is 0 Å². The Bertz CT molecular complexity index is 839. The van der Waals surface area contributed by atoms with Crippen LogP contribution in [-0.4, -0.2) is 32.0 Å². The molecule has 1 aliphatic rings. The van der Waals surface area contributed by atoms with Gasteiger partial charge in [0.05, 0.1) is 0 Å². The molecule has 7 nitrogen and oxygen atoms in total. The van der Waals surface area contributed by atoms with E-state index in [9.17, 15) is 4.79 Å². The minimum Gasteiger partial charge on any atom is -0.347 e. The average Bonchev–Trinajstić information content (AvgIpc) is 3.18. The van der Waals surface area contributed by atoms with Crippen molar-refractivity contribution in [3.8, 4) is 0 Å². The zero-order valence-electron chi connectivity index (χ0n) is 12.4. The quantitative estimate of drug-likeness (QED) is 0.669. The van der Waals surface area contributed by atoms with Crippen LogP contribution in [0, 0.1) is 0 Å². The first kappa shape index (κ1) is 15.5. The van der Waals surface area contributed by atoms with Crippen LogP contribution in [0.15, 0.2) is 30.7 Å². The lowest BCUT2D eigenvalue weighted by molar-refractivity contribution is 0.0944. The molecular formula is C15H17ClN6O. The summed E-state index contributed by atoms with van der Waals surface area (Å²) >= 11 is 0.